The Kier molecular flexibility index (Phi) is 3.78. The summed E-state index contributed by atoms with van der Waals surface area (Å²) in [7, 11) is 0. The maximum atomic E-state index is 5.99. The minimum atomic E-state index is 0.187. The molecule has 0 heterocycles. The van der Waals surface area contributed by atoms with E-state index in [-0.39, 0.29) is 6.04 Å². The Hall–Kier alpha value is -1.67. The van der Waals surface area contributed by atoms with Crippen LogP contribution in [0.2, 0.25) is 5.02 Å². The highest BCUT2D eigenvalue weighted by molar-refractivity contribution is 6.30. The SMILES string of the molecule is Cc1ccc(NC(C)c2ccc(Cl)cc2)c(N)c1. The normalized spacial score (nSPS) is 12.2. The highest BCUT2D eigenvalue weighted by Crippen LogP contribution is 2.25. The summed E-state index contributed by atoms with van der Waals surface area (Å²) in [5, 5.41) is 4.16. The van der Waals surface area contributed by atoms with Gasteiger partial charge in [-0.15, -0.1) is 0 Å². The number of aryl methyl sites for hydroxylation is 1. The maximum Gasteiger partial charge on any atom is 0.0578 e. The van der Waals surface area contributed by atoms with Crippen LogP contribution < -0.4 is 11.1 Å². The molecule has 2 nitrogen and oxygen atoms in total. The number of hydrogen-bond acceptors (Lipinski definition) is 2. The second-order valence-corrected chi connectivity index (χ2v) is 4.94. The fraction of sp³-hybridized carbons (Fsp3) is 0.200. The lowest BCUT2D eigenvalue weighted by Gasteiger charge is -2.17. The Morgan fingerprint density at radius 1 is 1.11 bits per heavy atom. The standard InChI is InChI=1S/C15H17ClN2/c1-10-3-8-15(14(17)9-10)18-11(2)12-4-6-13(16)7-5-12/h3-9,11,18H,17H2,1-2H3. The van der Waals surface area contributed by atoms with Gasteiger partial charge in [0.25, 0.3) is 0 Å². The van der Waals surface area contributed by atoms with E-state index in [0.29, 0.717) is 0 Å². The summed E-state index contributed by atoms with van der Waals surface area (Å²) in [6.45, 7) is 4.13. The molecule has 0 saturated heterocycles. The summed E-state index contributed by atoms with van der Waals surface area (Å²) in [5.41, 5.74) is 10.1. The van der Waals surface area contributed by atoms with E-state index in [9.17, 15) is 0 Å². The molecule has 94 valence electrons. The molecule has 2 rings (SSSR count). The molecule has 0 aliphatic carbocycles. The number of rotatable bonds is 3. The fourth-order valence-corrected chi connectivity index (χ4v) is 2.01. The molecular weight excluding hydrogens is 244 g/mol. The van der Waals surface area contributed by atoms with Gasteiger partial charge in [0.1, 0.15) is 0 Å². The van der Waals surface area contributed by atoms with Crippen LogP contribution in [0.15, 0.2) is 42.5 Å². The van der Waals surface area contributed by atoms with Crippen LogP contribution in [0.25, 0.3) is 0 Å². The number of nitrogens with one attached hydrogen (secondary N) is 1. The lowest BCUT2D eigenvalue weighted by molar-refractivity contribution is 0.885. The number of hydrogen-bond donors (Lipinski definition) is 2. The third-order valence-corrected chi connectivity index (χ3v) is 3.20. The van der Waals surface area contributed by atoms with Crippen LogP contribution in [-0.2, 0) is 0 Å². The van der Waals surface area contributed by atoms with E-state index >= 15 is 0 Å². The molecule has 0 aliphatic heterocycles. The third kappa shape index (κ3) is 2.96. The summed E-state index contributed by atoms with van der Waals surface area (Å²) in [4.78, 5) is 0. The number of nitrogens with two attached hydrogens (primary N) is 1. The van der Waals surface area contributed by atoms with E-state index in [4.69, 9.17) is 17.3 Å². The maximum absolute atomic E-state index is 5.99. The van der Waals surface area contributed by atoms with Gasteiger partial charge in [0.05, 0.1) is 11.4 Å². The van der Waals surface area contributed by atoms with Crippen molar-refractivity contribution in [1.29, 1.82) is 0 Å². The average Bonchev–Trinajstić information content (AvgIpc) is 2.33. The number of nitrogen functional groups attached to an aromatic ring is 1. The number of anilines is 2. The summed E-state index contributed by atoms with van der Waals surface area (Å²) >= 11 is 5.88. The minimum Gasteiger partial charge on any atom is -0.397 e. The van der Waals surface area contributed by atoms with Crippen molar-refractivity contribution in [2.45, 2.75) is 19.9 Å². The molecule has 2 aromatic rings. The molecule has 0 amide bonds. The van der Waals surface area contributed by atoms with Gasteiger partial charge in [-0.1, -0.05) is 29.8 Å². The number of halogens is 1. The van der Waals surface area contributed by atoms with Gasteiger partial charge >= 0.3 is 0 Å². The molecule has 0 spiro atoms. The van der Waals surface area contributed by atoms with E-state index in [2.05, 4.69) is 12.2 Å². The zero-order valence-electron chi connectivity index (χ0n) is 10.6. The Morgan fingerprint density at radius 2 is 1.78 bits per heavy atom. The van der Waals surface area contributed by atoms with Gasteiger partial charge in [0, 0.05) is 11.1 Å². The first-order valence-corrected chi connectivity index (χ1v) is 6.32. The van der Waals surface area contributed by atoms with Gasteiger partial charge in [-0.2, -0.15) is 0 Å². The Bertz CT molecular complexity index is 535. The average molecular weight is 261 g/mol. The first kappa shape index (κ1) is 12.8. The monoisotopic (exact) mass is 260 g/mol. The van der Waals surface area contributed by atoms with Crippen LogP contribution in [0, 0.1) is 6.92 Å². The first-order valence-electron chi connectivity index (χ1n) is 5.94. The molecule has 18 heavy (non-hydrogen) atoms. The van der Waals surface area contributed by atoms with Crippen LogP contribution in [0.3, 0.4) is 0 Å². The summed E-state index contributed by atoms with van der Waals surface area (Å²) in [6.07, 6.45) is 0. The second-order valence-electron chi connectivity index (χ2n) is 4.51. The van der Waals surface area contributed by atoms with E-state index in [1.807, 2.05) is 49.4 Å². The van der Waals surface area contributed by atoms with Gasteiger partial charge in [0.15, 0.2) is 0 Å². The van der Waals surface area contributed by atoms with Gasteiger partial charge in [-0.05, 0) is 49.2 Å². The van der Waals surface area contributed by atoms with Crippen LogP contribution in [0.5, 0.6) is 0 Å². The van der Waals surface area contributed by atoms with E-state index in [1.165, 1.54) is 5.56 Å². The smallest absolute Gasteiger partial charge is 0.0578 e. The van der Waals surface area contributed by atoms with Crippen LogP contribution >= 0.6 is 11.6 Å². The van der Waals surface area contributed by atoms with Crippen LogP contribution in [-0.4, -0.2) is 0 Å². The first-order chi connectivity index (χ1) is 8.56. The van der Waals surface area contributed by atoms with Gasteiger partial charge in [-0.25, -0.2) is 0 Å². The van der Waals surface area contributed by atoms with Crippen molar-refractivity contribution in [3.8, 4) is 0 Å². The van der Waals surface area contributed by atoms with E-state index in [1.54, 1.807) is 0 Å². The number of benzene rings is 2. The molecule has 3 heteroatoms. The summed E-state index contributed by atoms with van der Waals surface area (Å²) in [6, 6.07) is 14.0. The van der Waals surface area contributed by atoms with Crippen LogP contribution in [0.4, 0.5) is 11.4 Å². The highest BCUT2D eigenvalue weighted by Gasteiger charge is 2.07. The Balaban J connectivity index is 2.15. The van der Waals surface area contributed by atoms with Crippen molar-refractivity contribution in [1.82, 2.24) is 0 Å². The van der Waals surface area contributed by atoms with Crippen LogP contribution in [0.1, 0.15) is 24.1 Å². The zero-order chi connectivity index (χ0) is 13.1. The van der Waals surface area contributed by atoms with Crippen molar-refractivity contribution in [2.75, 3.05) is 11.1 Å². The minimum absolute atomic E-state index is 0.187. The summed E-state index contributed by atoms with van der Waals surface area (Å²) in [5.74, 6) is 0. The molecular formula is C15H17ClN2. The molecule has 0 aromatic heterocycles. The largest absolute Gasteiger partial charge is 0.397 e. The molecule has 0 saturated carbocycles. The molecule has 3 N–H and O–H groups in total. The predicted octanol–water partition coefficient (Wildman–Crippen LogP) is 4.40. The Labute approximate surface area is 113 Å². The molecule has 1 unspecified atom stereocenters. The van der Waals surface area contributed by atoms with Gasteiger partial charge in [0.2, 0.25) is 0 Å². The lowest BCUT2D eigenvalue weighted by Crippen LogP contribution is -2.08. The van der Waals surface area contributed by atoms with E-state index in [0.717, 1.165) is 22.0 Å². The quantitative estimate of drug-likeness (QED) is 0.803. The molecule has 0 aliphatic rings. The topological polar surface area (TPSA) is 38.0 Å². The van der Waals surface area contributed by atoms with Crippen molar-refractivity contribution in [3.63, 3.8) is 0 Å². The van der Waals surface area contributed by atoms with Gasteiger partial charge in [-0.3, -0.25) is 0 Å². The zero-order valence-corrected chi connectivity index (χ0v) is 11.3. The Morgan fingerprint density at radius 3 is 2.39 bits per heavy atom. The lowest BCUT2D eigenvalue weighted by atomic mass is 10.1. The van der Waals surface area contributed by atoms with Crippen molar-refractivity contribution >= 4 is 23.0 Å². The second kappa shape index (κ2) is 5.32. The predicted molar refractivity (Wildman–Crippen MR) is 79.1 cm³/mol. The molecule has 1 atom stereocenters. The fourth-order valence-electron chi connectivity index (χ4n) is 1.88. The molecule has 0 fully saturated rings. The van der Waals surface area contributed by atoms with E-state index < -0.39 is 0 Å². The summed E-state index contributed by atoms with van der Waals surface area (Å²) < 4.78 is 0. The molecule has 2 aromatic carbocycles. The van der Waals surface area contributed by atoms with Crippen molar-refractivity contribution < 1.29 is 0 Å². The third-order valence-electron chi connectivity index (χ3n) is 2.95. The molecule has 0 radical (unpaired) electrons. The van der Waals surface area contributed by atoms with Crippen molar-refractivity contribution in [2.24, 2.45) is 0 Å². The molecule has 0 bridgehead atoms. The highest BCUT2D eigenvalue weighted by atomic mass is 35.5. The van der Waals surface area contributed by atoms with Crippen molar-refractivity contribution in [3.05, 3.63) is 58.6 Å². The van der Waals surface area contributed by atoms with Gasteiger partial charge < -0.3 is 11.1 Å².